The lowest BCUT2D eigenvalue weighted by Crippen LogP contribution is -2.38. The van der Waals surface area contributed by atoms with Gasteiger partial charge in [-0.05, 0) is 31.4 Å². The van der Waals surface area contributed by atoms with Crippen LogP contribution in [-0.4, -0.2) is 52.6 Å². The van der Waals surface area contributed by atoms with Gasteiger partial charge >= 0.3 is 6.03 Å². The lowest BCUT2D eigenvalue weighted by atomic mass is 10.3. The highest BCUT2D eigenvalue weighted by Gasteiger charge is 2.17. The van der Waals surface area contributed by atoms with Gasteiger partial charge in [0, 0.05) is 39.1 Å². The first-order chi connectivity index (χ1) is 12.2. The van der Waals surface area contributed by atoms with Gasteiger partial charge in [0.25, 0.3) is 0 Å². The molecule has 0 radical (unpaired) electrons. The zero-order valence-corrected chi connectivity index (χ0v) is 14.4. The van der Waals surface area contributed by atoms with Gasteiger partial charge in [0.15, 0.2) is 0 Å². The summed E-state index contributed by atoms with van der Waals surface area (Å²) in [6.45, 7) is 3.47. The predicted molar refractivity (Wildman–Crippen MR) is 96.2 cm³/mol. The summed E-state index contributed by atoms with van der Waals surface area (Å²) in [7, 11) is 0. The predicted octanol–water partition coefficient (Wildman–Crippen LogP) is 1.74. The fourth-order valence-electron chi connectivity index (χ4n) is 3.11. The van der Waals surface area contributed by atoms with E-state index >= 15 is 0 Å². The van der Waals surface area contributed by atoms with Gasteiger partial charge in [-0.1, -0.05) is 12.1 Å². The van der Waals surface area contributed by atoms with E-state index in [9.17, 15) is 9.59 Å². The Morgan fingerprint density at radius 1 is 1.08 bits per heavy atom. The van der Waals surface area contributed by atoms with Gasteiger partial charge in [0.1, 0.15) is 0 Å². The second-order valence-electron chi connectivity index (χ2n) is 6.30. The minimum absolute atomic E-state index is 0.129. The topological polar surface area (TPSA) is 79.3 Å². The number of amides is 3. The molecule has 0 bridgehead atoms. The maximum Gasteiger partial charge on any atom is 0.314 e. The van der Waals surface area contributed by atoms with E-state index in [-0.39, 0.29) is 11.9 Å². The lowest BCUT2D eigenvalue weighted by molar-refractivity contribution is -0.129. The Kier molecular flexibility index (Phi) is 5.87. The third kappa shape index (κ3) is 4.71. The first kappa shape index (κ1) is 17.3. The summed E-state index contributed by atoms with van der Waals surface area (Å²) in [5.41, 5.74) is 2.09. The molecule has 7 heteroatoms. The van der Waals surface area contributed by atoms with Crippen molar-refractivity contribution in [1.29, 1.82) is 0 Å². The molecule has 0 saturated carbocycles. The van der Waals surface area contributed by atoms with E-state index in [2.05, 4.69) is 20.2 Å². The molecule has 1 aromatic heterocycles. The van der Waals surface area contributed by atoms with Crippen molar-refractivity contribution in [2.45, 2.75) is 32.2 Å². The average molecular weight is 343 g/mol. The number of para-hydroxylation sites is 2. The number of aromatic nitrogens is 2. The summed E-state index contributed by atoms with van der Waals surface area (Å²) in [4.78, 5) is 29.8. The van der Waals surface area contributed by atoms with Crippen LogP contribution >= 0.6 is 0 Å². The zero-order valence-electron chi connectivity index (χ0n) is 14.4. The number of carbonyl (C=O) groups is 2. The molecule has 2 N–H and O–H groups in total. The number of nitrogens with one attached hydrogen (secondary N) is 2. The molecule has 3 amide bonds. The Labute approximate surface area is 147 Å². The number of hydrogen-bond donors (Lipinski definition) is 2. The fraction of sp³-hybridized carbons (Fsp3) is 0.500. The van der Waals surface area contributed by atoms with Crippen molar-refractivity contribution in [2.24, 2.45) is 0 Å². The molecule has 1 aromatic carbocycles. The minimum atomic E-state index is -0.218. The smallest absolute Gasteiger partial charge is 0.314 e. The quantitative estimate of drug-likeness (QED) is 0.752. The van der Waals surface area contributed by atoms with Crippen LogP contribution in [0, 0.1) is 0 Å². The van der Waals surface area contributed by atoms with Gasteiger partial charge in [-0.25, -0.2) is 9.78 Å². The van der Waals surface area contributed by atoms with Crippen LogP contribution in [0.3, 0.4) is 0 Å². The van der Waals surface area contributed by atoms with Crippen LogP contribution < -0.4 is 10.6 Å². The van der Waals surface area contributed by atoms with Crippen molar-refractivity contribution < 1.29 is 9.59 Å². The number of carbonyl (C=O) groups excluding carboxylic acids is 2. The summed E-state index contributed by atoms with van der Waals surface area (Å²) >= 11 is 0. The number of rotatable bonds is 7. The monoisotopic (exact) mass is 343 g/mol. The van der Waals surface area contributed by atoms with E-state index in [1.165, 1.54) is 0 Å². The van der Waals surface area contributed by atoms with E-state index in [1.54, 1.807) is 0 Å². The van der Waals surface area contributed by atoms with E-state index < -0.39 is 0 Å². The van der Waals surface area contributed by atoms with Gasteiger partial charge in [0.2, 0.25) is 5.91 Å². The Morgan fingerprint density at radius 3 is 2.68 bits per heavy atom. The van der Waals surface area contributed by atoms with Gasteiger partial charge in [-0.15, -0.1) is 0 Å². The second kappa shape index (κ2) is 8.50. The molecular weight excluding hydrogens is 318 g/mol. The van der Waals surface area contributed by atoms with Crippen molar-refractivity contribution in [3.63, 3.8) is 0 Å². The van der Waals surface area contributed by atoms with Crippen LogP contribution in [0.25, 0.3) is 11.0 Å². The van der Waals surface area contributed by atoms with E-state index in [1.807, 2.05) is 35.5 Å². The molecule has 0 atom stereocenters. The molecule has 0 spiro atoms. The number of aryl methyl sites for hydroxylation is 1. The number of likely N-dealkylation sites (tertiary alicyclic amines) is 1. The zero-order chi connectivity index (χ0) is 17.5. The highest BCUT2D eigenvalue weighted by Crippen LogP contribution is 2.11. The van der Waals surface area contributed by atoms with Gasteiger partial charge < -0.3 is 20.1 Å². The Hall–Kier alpha value is -2.57. The third-order valence-electron chi connectivity index (χ3n) is 4.47. The maximum atomic E-state index is 11.9. The van der Waals surface area contributed by atoms with Gasteiger partial charge in [-0.3, -0.25) is 4.79 Å². The second-order valence-corrected chi connectivity index (χ2v) is 6.30. The van der Waals surface area contributed by atoms with Crippen LogP contribution in [0.2, 0.25) is 0 Å². The minimum Gasteiger partial charge on any atom is -0.343 e. The van der Waals surface area contributed by atoms with Crippen molar-refractivity contribution in [1.82, 2.24) is 25.1 Å². The molecule has 7 nitrogen and oxygen atoms in total. The number of urea groups is 1. The van der Waals surface area contributed by atoms with E-state index in [4.69, 9.17) is 0 Å². The molecule has 25 heavy (non-hydrogen) atoms. The van der Waals surface area contributed by atoms with Crippen LogP contribution in [0.5, 0.6) is 0 Å². The lowest BCUT2D eigenvalue weighted by Gasteiger charge is -2.15. The maximum absolute atomic E-state index is 11.9. The first-order valence-corrected chi connectivity index (χ1v) is 8.93. The van der Waals surface area contributed by atoms with Crippen molar-refractivity contribution >= 4 is 23.0 Å². The molecule has 3 rings (SSSR count). The molecule has 2 aromatic rings. The standard InChI is InChI=1S/C18H25N5O2/c24-17(22-11-3-4-12-22)8-10-20-18(25)19-9-5-13-23-14-21-15-6-1-2-7-16(15)23/h1-2,6-7,14H,3-5,8-13H2,(H2,19,20,25). The van der Waals surface area contributed by atoms with Crippen molar-refractivity contribution in [3.05, 3.63) is 30.6 Å². The fourth-order valence-corrected chi connectivity index (χ4v) is 3.11. The van der Waals surface area contributed by atoms with E-state index in [0.29, 0.717) is 19.5 Å². The molecule has 0 unspecified atom stereocenters. The van der Waals surface area contributed by atoms with Crippen LogP contribution in [0.4, 0.5) is 4.79 Å². The summed E-state index contributed by atoms with van der Waals surface area (Å²) in [5, 5.41) is 5.57. The summed E-state index contributed by atoms with van der Waals surface area (Å²) in [6, 6.07) is 7.78. The van der Waals surface area contributed by atoms with Crippen LogP contribution in [-0.2, 0) is 11.3 Å². The molecule has 134 valence electrons. The molecule has 1 saturated heterocycles. The molecule has 1 aliphatic heterocycles. The number of imidazole rings is 1. The van der Waals surface area contributed by atoms with Crippen LogP contribution in [0.15, 0.2) is 30.6 Å². The normalized spacial score (nSPS) is 14.0. The summed E-state index contributed by atoms with van der Waals surface area (Å²) in [6.07, 6.45) is 5.20. The largest absolute Gasteiger partial charge is 0.343 e. The third-order valence-corrected chi connectivity index (χ3v) is 4.47. The first-order valence-electron chi connectivity index (χ1n) is 8.93. The summed E-state index contributed by atoms with van der Waals surface area (Å²) in [5.74, 6) is 0.129. The van der Waals surface area contributed by atoms with Gasteiger partial charge in [-0.2, -0.15) is 0 Å². The Balaban J connectivity index is 1.29. The number of hydrogen-bond acceptors (Lipinski definition) is 3. The molecule has 1 fully saturated rings. The molecular formula is C18H25N5O2. The van der Waals surface area contributed by atoms with E-state index in [0.717, 1.165) is 49.9 Å². The Bertz CT molecular complexity index is 721. The molecule has 2 heterocycles. The number of nitrogens with zero attached hydrogens (tertiary/aromatic N) is 3. The SMILES string of the molecule is O=C(NCCCn1cnc2ccccc21)NCCC(=O)N1CCCC1. The Morgan fingerprint density at radius 2 is 1.84 bits per heavy atom. The molecule has 0 aliphatic carbocycles. The van der Waals surface area contributed by atoms with Crippen LogP contribution in [0.1, 0.15) is 25.7 Å². The number of fused-ring (bicyclic) bond motifs is 1. The molecule has 1 aliphatic rings. The van der Waals surface area contributed by atoms with Crippen molar-refractivity contribution in [2.75, 3.05) is 26.2 Å². The van der Waals surface area contributed by atoms with Gasteiger partial charge in [0.05, 0.1) is 17.4 Å². The highest BCUT2D eigenvalue weighted by atomic mass is 16.2. The highest BCUT2D eigenvalue weighted by molar-refractivity contribution is 5.78. The number of benzene rings is 1. The average Bonchev–Trinajstić information content (AvgIpc) is 3.29. The van der Waals surface area contributed by atoms with Crippen molar-refractivity contribution in [3.8, 4) is 0 Å². The summed E-state index contributed by atoms with van der Waals surface area (Å²) < 4.78 is 2.09.